The Hall–Kier alpha value is -4.92. The van der Waals surface area contributed by atoms with Crippen LogP contribution in [0.2, 0.25) is 0 Å². The zero-order valence-corrected chi connectivity index (χ0v) is 18.8. The van der Waals surface area contributed by atoms with E-state index in [4.69, 9.17) is 4.98 Å². The van der Waals surface area contributed by atoms with Crippen molar-refractivity contribution in [1.82, 2.24) is 35.1 Å². The van der Waals surface area contributed by atoms with Crippen LogP contribution >= 0.6 is 0 Å². The zero-order valence-electron chi connectivity index (χ0n) is 18.8. The summed E-state index contributed by atoms with van der Waals surface area (Å²) in [7, 11) is 0. The monoisotopic (exact) mass is 460 g/mol. The van der Waals surface area contributed by atoms with Gasteiger partial charge in [-0.05, 0) is 42.0 Å². The van der Waals surface area contributed by atoms with Crippen molar-refractivity contribution < 1.29 is 4.79 Å². The molecule has 9 nitrogen and oxygen atoms in total. The van der Waals surface area contributed by atoms with Crippen LogP contribution in [0.4, 0.5) is 5.69 Å². The number of carbonyl (C=O) groups excluding carboxylic acids is 1. The smallest absolute Gasteiger partial charge is 0.224 e. The van der Waals surface area contributed by atoms with Gasteiger partial charge in [0.05, 0.1) is 28.8 Å². The number of hydrogen-bond acceptors (Lipinski definition) is 6. The van der Waals surface area contributed by atoms with Crippen LogP contribution < -0.4 is 5.32 Å². The Bertz CT molecular complexity index is 1690. The number of nitrogens with one attached hydrogen (secondary N) is 3. The van der Waals surface area contributed by atoms with E-state index in [-0.39, 0.29) is 5.91 Å². The first kappa shape index (κ1) is 20.7. The first-order valence-electron chi connectivity index (χ1n) is 11.2. The normalized spacial score (nSPS) is 11.2. The van der Waals surface area contributed by atoms with Crippen molar-refractivity contribution in [3.63, 3.8) is 0 Å². The first-order chi connectivity index (χ1) is 17.2. The lowest BCUT2D eigenvalue weighted by molar-refractivity contribution is -0.115. The summed E-state index contributed by atoms with van der Waals surface area (Å²) in [4.78, 5) is 33.1. The predicted molar refractivity (Wildman–Crippen MR) is 134 cm³/mol. The number of nitrogens with zero attached hydrogens (tertiary/aromatic N) is 5. The van der Waals surface area contributed by atoms with Gasteiger partial charge in [-0.15, -0.1) is 0 Å². The van der Waals surface area contributed by atoms with Crippen molar-refractivity contribution >= 4 is 33.7 Å². The third-order valence-electron chi connectivity index (χ3n) is 5.81. The van der Waals surface area contributed by atoms with Gasteiger partial charge in [-0.25, -0.2) is 9.97 Å². The molecule has 0 bridgehead atoms. The average Bonchev–Trinajstić information content (AvgIpc) is 3.53. The van der Waals surface area contributed by atoms with Crippen molar-refractivity contribution in [3.05, 3.63) is 73.4 Å². The summed E-state index contributed by atoms with van der Waals surface area (Å²) in [6, 6.07) is 13.7. The fourth-order valence-electron chi connectivity index (χ4n) is 4.07. The molecular formula is C26H20N8O. The summed E-state index contributed by atoms with van der Waals surface area (Å²) in [5, 5.41) is 11.4. The lowest BCUT2D eigenvalue weighted by Crippen LogP contribution is -2.09. The van der Waals surface area contributed by atoms with E-state index in [2.05, 4.69) is 35.5 Å². The summed E-state index contributed by atoms with van der Waals surface area (Å²) in [6.07, 6.45) is 9.12. The molecule has 0 aliphatic carbocycles. The Morgan fingerprint density at radius 2 is 1.91 bits per heavy atom. The van der Waals surface area contributed by atoms with Gasteiger partial charge in [0.2, 0.25) is 5.91 Å². The van der Waals surface area contributed by atoms with Crippen LogP contribution in [0.1, 0.15) is 13.3 Å². The third-order valence-corrected chi connectivity index (χ3v) is 5.81. The topological polar surface area (TPSA) is 125 Å². The van der Waals surface area contributed by atoms with E-state index < -0.39 is 0 Å². The molecule has 0 atom stereocenters. The second-order valence-electron chi connectivity index (χ2n) is 8.07. The minimum Gasteiger partial charge on any atom is -0.338 e. The summed E-state index contributed by atoms with van der Waals surface area (Å²) < 4.78 is 0. The van der Waals surface area contributed by atoms with Crippen molar-refractivity contribution in [1.29, 1.82) is 0 Å². The molecule has 35 heavy (non-hydrogen) atoms. The van der Waals surface area contributed by atoms with Gasteiger partial charge in [0, 0.05) is 47.7 Å². The quantitative estimate of drug-likeness (QED) is 0.333. The van der Waals surface area contributed by atoms with E-state index in [0.717, 1.165) is 50.1 Å². The maximum Gasteiger partial charge on any atom is 0.224 e. The number of amides is 1. The fourth-order valence-corrected chi connectivity index (χ4v) is 4.07. The summed E-state index contributed by atoms with van der Waals surface area (Å²) in [5.41, 5.74) is 8.01. The molecule has 0 aromatic carbocycles. The molecule has 170 valence electrons. The largest absolute Gasteiger partial charge is 0.338 e. The molecular weight excluding hydrogens is 440 g/mol. The van der Waals surface area contributed by atoms with Crippen LogP contribution in [-0.2, 0) is 4.79 Å². The first-order valence-corrected chi connectivity index (χ1v) is 11.2. The highest BCUT2D eigenvalue weighted by Crippen LogP contribution is 2.33. The summed E-state index contributed by atoms with van der Waals surface area (Å²) >= 11 is 0. The van der Waals surface area contributed by atoms with Crippen molar-refractivity contribution in [2.24, 2.45) is 0 Å². The molecule has 0 radical (unpaired) electrons. The van der Waals surface area contributed by atoms with Crippen molar-refractivity contribution in [2.75, 3.05) is 5.32 Å². The van der Waals surface area contributed by atoms with E-state index in [1.807, 2.05) is 55.6 Å². The number of hydrogen-bond donors (Lipinski definition) is 3. The van der Waals surface area contributed by atoms with Crippen molar-refractivity contribution in [3.8, 4) is 33.8 Å². The van der Waals surface area contributed by atoms with Crippen LogP contribution in [0.3, 0.4) is 0 Å². The van der Waals surface area contributed by atoms with E-state index in [1.54, 1.807) is 24.8 Å². The minimum atomic E-state index is -0.0671. The molecule has 6 aromatic rings. The zero-order chi connectivity index (χ0) is 23.8. The number of pyridine rings is 4. The van der Waals surface area contributed by atoms with Gasteiger partial charge in [-0.2, -0.15) is 5.10 Å². The molecule has 0 fully saturated rings. The van der Waals surface area contributed by atoms with E-state index >= 15 is 0 Å². The number of rotatable bonds is 5. The number of aromatic nitrogens is 7. The van der Waals surface area contributed by atoms with Crippen molar-refractivity contribution in [2.45, 2.75) is 13.3 Å². The highest BCUT2D eigenvalue weighted by Gasteiger charge is 2.16. The van der Waals surface area contributed by atoms with Gasteiger partial charge in [-0.1, -0.05) is 13.0 Å². The van der Waals surface area contributed by atoms with Gasteiger partial charge in [0.15, 0.2) is 0 Å². The second-order valence-corrected chi connectivity index (χ2v) is 8.07. The van der Waals surface area contributed by atoms with Crippen LogP contribution in [-0.4, -0.2) is 41.0 Å². The highest BCUT2D eigenvalue weighted by atomic mass is 16.1. The van der Waals surface area contributed by atoms with Gasteiger partial charge >= 0.3 is 0 Å². The molecule has 0 aliphatic heterocycles. The number of fused-ring (bicyclic) bond motifs is 2. The molecule has 6 heterocycles. The van der Waals surface area contributed by atoms with Crippen LogP contribution in [0.5, 0.6) is 0 Å². The van der Waals surface area contributed by atoms with Crippen LogP contribution in [0, 0.1) is 0 Å². The number of aromatic amines is 2. The standard InChI is InChI=1S/C26H20N8O/c1-2-23(35)30-17-10-16(13-28-14-17)20-5-6-21-24(31-20)25(34-33-21)22-11-19-18(7-9-29-26(19)32-22)15-4-3-8-27-12-15/h3-14H,2H2,1H3,(H,29,32)(H,30,35)(H,33,34). The number of H-pyrrole nitrogens is 2. The molecule has 6 rings (SSSR count). The summed E-state index contributed by atoms with van der Waals surface area (Å²) in [6.45, 7) is 1.81. The number of anilines is 1. The van der Waals surface area contributed by atoms with E-state index in [9.17, 15) is 4.79 Å². The lowest BCUT2D eigenvalue weighted by atomic mass is 10.1. The van der Waals surface area contributed by atoms with Crippen LogP contribution in [0.15, 0.2) is 73.4 Å². The minimum absolute atomic E-state index is 0.0671. The Morgan fingerprint density at radius 3 is 2.77 bits per heavy atom. The van der Waals surface area contributed by atoms with E-state index in [1.165, 1.54) is 0 Å². The number of carbonyl (C=O) groups is 1. The highest BCUT2D eigenvalue weighted by molar-refractivity contribution is 5.99. The van der Waals surface area contributed by atoms with Gasteiger partial charge in [0.1, 0.15) is 16.9 Å². The molecule has 0 aliphatic rings. The maximum atomic E-state index is 11.8. The van der Waals surface area contributed by atoms with Gasteiger partial charge in [-0.3, -0.25) is 19.9 Å². The SMILES string of the molecule is CCC(=O)Nc1cncc(-c2ccc3[nH]nc(-c4cc5c(-c6cccnc6)ccnc5[nH]4)c3n2)c1. The third kappa shape index (κ3) is 3.78. The molecule has 0 spiro atoms. The van der Waals surface area contributed by atoms with E-state index in [0.29, 0.717) is 17.8 Å². The maximum absolute atomic E-state index is 11.8. The lowest BCUT2D eigenvalue weighted by Gasteiger charge is -2.06. The second kappa shape index (κ2) is 8.45. The molecule has 3 N–H and O–H groups in total. The molecule has 0 unspecified atom stereocenters. The Balaban J connectivity index is 1.43. The summed E-state index contributed by atoms with van der Waals surface area (Å²) in [5.74, 6) is -0.0671. The van der Waals surface area contributed by atoms with Crippen LogP contribution in [0.25, 0.3) is 55.8 Å². The Morgan fingerprint density at radius 1 is 1.00 bits per heavy atom. The molecule has 0 saturated carbocycles. The Kier molecular flexibility index (Phi) is 4.99. The fraction of sp³-hybridized carbons (Fsp3) is 0.0769. The molecule has 1 amide bonds. The predicted octanol–water partition coefficient (Wildman–Crippen LogP) is 4.97. The molecule has 9 heteroatoms. The van der Waals surface area contributed by atoms with Gasteiger partial charge in [0.25, 0.3) is 0 Å². The Labute approximate surface area is 199 Å². The molecule has 6 aromatic heterocycles. The van der Waals surface area contributed by atoms with Gasteiger partial charge < -0.3 is 10.3 Å². The molecule has 0 saturated heterocycles. The average molecular weight is 461 g/mol.